The van der Waals surface area contributed by atoms with E-state index in [1.807, 2.05) is 6.07 Å². The molecule has 1 saturated heterocycles. The Morgan fingerprint density at radius 1 is 1.33 bits per heavy atom. The van der Waals surface area contributed by atoms with Crippen LogP contribution in [0, 0.1) is 17.2 Å². The highest BCUT2D eigenvalue weighted by molar-refractivity contribution is 5.78. The van der Waals surface area contributed by atoms with E-state index in [4.69, 9.17) is 14.7 Å². The van der Waals surface area contributed by atoms with Crippen LogP contribution in [-0.4, -0.2) is 63.3 Å². The normalized spacial score (nSPS) is 15.5. The molecule has 7 heteroatoms. The Labute approximate surface area is 125 Å². The van der Waals surface area contributed by atoms with Crippen molar-refractivity contribution in [2.45, 2.75) is 19.3 Å². The number of hydrogen-bond acceptors (Lipinski definition) is 5. The minimum absolute atomic E-state index is 0.00179. The third-order valence-corrected chi connectivity index (χ3v) is 3.45. The molecule has 0 radical (unpaired) electrons. The lowest BCUT2D eigenvalue weighted by Gasteiger charge is -2.32. The number of carbonyl (C=O) groups is 2. The predicted octanol–water partition coefficient (Wildman–Crippen LogP) is -0.0821. The van der Waals surface area contributed by atoms with Gasteiger partial charge in [0.15, 0.2) is 0 Å². The van der Waals surface area contributed by atoms with Crippen LogP contribution < -0.4 is 5.32 Å². The molecular weight excluding hydrogens is 274 g/mol. The van der Waals surface area contributed by atoms with Gasteiger partial charge in [0.25, 0.3) is 0 Å². The summed E-state index contributed by atoms with van der Waals surface area (Å²) in [5.74, 6) is 0.131. The molecule has 21 heavy (non-hydrogen) atoms. The van der Waals surface area contributed by atoms with Crippen LogP contribution in [0.25, 0.3) is 0 Å². The molecule has 0 spiro atoms. The molecule has 0 bridgehead atoms. The van der Waals surface area contributed by atoms with Crippen molar-refractivity contribution in [3.05, 3.63) is 0 Å². The molecular formula is C14H23N3O4. The van der Waals surface area contributed by atoms with Gasteiger partial charge in [-0.2, -0.15) is 5.26 Å². The number of nitriles is 1. The molecule has 0 unspecified atom stereocenters. The van der Waals surface area contributed by atoms with Crippen molar-refractivity contribution < 1.29 is 19.1 Å². The number of likely N-dealkylation sites (tertiary alicyclic amines) is 1. The van der Waals surface area contributed by atoms with Gasteiger partial charge < -0.3 is 19.7 Å². The van der Waals surface area contributed by atoms with Crippen LogP contribution in [0.2, 0.25) is 0 Å². The molecule has 0 aromatic carbocycles. The summed E-state index contributed by atoms with van der Waals surface area (Å²) in [5, 5.41) is 11.1. The number of amides is 2. The minimum Gasteiger partial charge on any atom is -0.382 e. The van der Waals surface area contributed by atoms with E-state index in [1.165, 1.54) is 0 Å². The van der Waals surface area contributed by atoms with E-state index in [-0.39, 0.29) is 24.8 Å². The third kappa shape index (κ3) is 7.06. The zero-order chi connectivity index (χ0) is 15.5. The van der Waals surface area contributed by atoms with Crippen LogP contribution in [0.4, 0.5) is 0 Å². The number of hydrogen-bond donors (Lipinski definition) is 1. The lowest BCUT2D eigenvalue weighted by molar-refractivity contribution is -0.138. The smallest absolute Gasteiger partial charge is 0.248 e. The lowest BCUT2D eigenvalue weighted by atomic mass is 9.96. The van der Waals surface area contributed by atoms with Crippen molar-refractivity contribution in [1.82, 2.24) is 10.2 Å². The summed E-state index contributed by atoms with van der Waals surface area (Å²) in [4.78, 5) is 24.9. The molecule has 0 aliphatic carbocycles. The van der Waals surface area contributed by atoms with Crippen molar-refractivity contribution in [2.24, 2.45) is 5.92 Å². The Balaban J connectivity index is 2.15. The first-order chi connectivity index (χ1) is 10.2. The van der Waals surface area contributed by atoms with Gasteiger partial charge in [0.05, 0.1) is 19.3 Å². The predicted molar refractivity (Wildman–Crippen MR) is 75.2 cm³/mol. The van der Waals surface area contributed by atoms with Crippen LogP contribution in [0.3, 0.4) is 0 Å². The average molecular weight is 297 g/mol. The second-order valence-corrected chi connectivity index (χ2v) is 5.01. The van der Waals surface area contributed by atoms with Crippen molar-refractivity contribution in [2.75, 3.05) is 46.6 Å². The maximum atomic E-state index is 11.9. The molecule has 1 N–H and O–H groups in total. The maximum Gasteiger partial charge on any atom is 0.248 e. The number of piperidine rings is 1. The largest absolute Gasteiger partial charge is 0.382 e. The molecule has 1 rings (SSSR count). The highest BCUT2D eigenvalue weighted by Crippen LogP contribution is 2.16. The summed E-state index contributed by atoms with van der Waals surface area (Å²) in [6.45, 7) is 2.94. The standard InChI is InChI=1S/C14H23N3O4/c1-20-8-9-21-11-14(19)17-6-3-12(4-7-17)10-16-13(18)2-5-15/h12H,2-4,6-11H2,1H3,(H,16,18). The van der Waals surface area contributed by atoms with Gasteiger partial charge in [-0.1, -0.05) is 0 Å². The van der Waals surface area contributed by atoms with E-state index in [1.54, 1.807) is 12.0 Å². The molecule has 1 aliphatic rings. The van der Waals surface area contributed by atoms with E-state index in [9.17, 15) is 9.59 Å². The van der Waals surface area contributed by atoms with E-state index in [0.29, 0.717) is 38.8 Å². The maximum absolute atomic E-state index is 11.9. The summed E-state index contributed by atoms with van der Waals surface area (Å²) in [7, 11) is 1.59. The third-order valence-electron chi connectivity index (χ3n) is 3.45. The Hall–Kier alpha value is -1.65. The SMILES string of the molecule is COCCOCC(=O)N1CCC(CNC(=O)CC#N)CC1. The van der Waals surface area contributed by atoms with Crippen molar-refractivity contribution in [3.8, 4) is 6.07 Å². The Morgan fingerprint density at radius 2 is 2.05 bits per heavy atom. The van der Waals surface area contributed by atoms with Crippen LogP contribution >= 0.6 is 0 Å². The highest BCUT2D eigenvalue weighted by atomic mass is 16.5. The van der Waals surface area contributed by atoms with Crippen molar-refractivity contribution >= 4 is 11.8 Å². The molecule has 7 nitrogen and oxygen atoms in total. The van der Waals surface area contributed by atoms with Gasteiger partial charge >= 0.3 is 0 Å². The van der Waals surface area contributed by atoms with Gasteiger partial charge in [-0.05, 0) is 18.8 Å². The van der Waals surface area contributed by atoms with Gasteiger partial charge in [0.1, 0.15) is 13.0 Å². The quantitative estimate of drug-likeness (QED) is 0.633. The van der Waals surface area contributed by atoms with E-state index >= 15 is 0 Å². The summed E-state index contributed by atoms with van der Waals surface area (Å²) in [6.07, 6.45) is 1.61. The fourth-order valence-corrected chi connectivity index (χ4v) is 2.17. The molecule has 118 valence electrons. The van der Waals surface area contributed by atoms with Crippen LogP contribution in [-0.2, 0) is 19.1 Å². The second-order valence-electron chi connectivity index (χ2n) is 5.01. The van der Waals surface area contributed by atoms with Crippen LogP contribution in [0.1, 0.15) is 19.3 Å². The van der Waals surface area contributed by atoms with Crippen LogP contribution in [0.15, 0.2) is 0 Å². The minimum atomic E-state index is -0.234. The Bertz CT molecular complexity index is 373. The molecule has 1 heterocycles. The van der Waals surface area contributed by atoms with Gasteiger partial charge in [-0.25, -0.2) is 0 Å². The second kappa shape index (κ2) is 10.1. The van der Waals surface area contributed by atoms with Crippen molar-refractivity contribution in [3.63, 3.8) is 0 Å². The molecule has 0 aromatic heterocycles. The average Bonchev–Trinajstić information content (AvgIpc) is 2.50. The number of rotatable bonds is 8. The number of nitrogens with zero attached hydrogens (tertiary/aromatic N) is 2. The summed E-state index contributed by atoms with van der Waals surface area (Å²) in [5.41, 5.74) is 0. The van der Waals surface area contributed by atoms with Gasteiger partial charge in [0, 0.05) is 26.7 Å². The molecule has 1 aliphatic heterocycles. The van der Waals surface area contributed by atoms with E-state index < -0.39 is 0 Å². The Morgan fingerprint density at radius 3 is 2.67 bits per heavy atom. The number of carbonyl (C=O) groups excluding carboxylic acids is 2. The van der Waals surface area contributed by atoms with Crippen LogP contribution in [0.5, 0.6) is 0 Å². The monoisotopic (exact) mass is 297 g/mol. The first-order valence-electron chi connectivity index (χ1n) is 7.15. The molecule has 0 saturated carbocycles. The summed E-state index contributed by atoms with van der Waals surface area (Å²) >= 11 is 0. The zero-order valence-electron chi connectivity index (χ0n) is 12.5. The topological polar surface area (TPSA) is 91.7 Å². The number of nitrogens with one attached hydrogen (secondary N) is 1. The first-order valence-corrected chi connectivity index (χ1v) is 7.15. The van der Waals surface area contributed by atoms with E-state index in [2.05, 4.69) is 5.32 Å². The number of ether oxygens (including phenoxy) is 2. The molecule has 2 amide bonds. The fraction of sp³-hybridized carbons (Fsp3) is 0.786. The van der Waals surface area contributed by atoms with Gasteiger partial charge in [0.2, 0.25) is 11.8 Å². The van der Waals surface area contributed by atoms with Gasteiger partial charge in [-0.15, -0.1) is 0 Å². The lowest BCUT2D eigenvalue weighted by Crippen LogP contribution is -2.43. The van der Waals surface area contributed by atoms with E-state index in [0.717, 1.165) is 12.8 Å². The molecule has 0 atom stereocenters. The summed E-state index contributed by atoms with van der Waals surface area (Å²) < 4.78 is 10.1. The molecule has 1 fully saturated rings. The highest BCUT2D eigenvalue weighted by Gasteiger charge is 2.22. The number of methoxy groups -OCH3 is 1. The summed E-state index contributed by atoms with van der Waals surface area (Å²) in [6, 6.07) is 1.82. The Kier molecular flexibility index (Phi) is 8.40. The van der Waals surface area contributed by atoms with Crippen molar-refractivity contribution in [1.29, 1.82) is 5.26 Å². The first kappa shape index (κ1) is 17.4. The zero-order valence-corrected chi connectivity index (χ0v) is 12.5. The van der Waals surface area contributed by atoms with Gasteiger partial charge in [-0.3, -0.25) is 9.59 Å². The fourth-order valence-electron chi connectivity index (χ4n) is 2.17. The molecule has 0 aromatic rings.